The van der Waals surface area contributed by atoms with Crippen molar-refractivity contribution in [2.45, 2.75) is 12.8 Å². The Morgan fingerprint density at radius 1 is 1.18 bits per heavy atom. The summed E-state index contributed by atoms with van der Waals surface area (Å²) >= 11 is 5.62. The standard InChI is InChI=1S/C20H26ClN5O2/c1-28-17-6-3-2-5-16(17)25-11-13-26(14-12-25)18-9-8-15(20(22)24-18)23-19(27)7-4-10-21/h2-3,5-6,8-9H,4,7,10-14H2,1H3,(H2,22,24)(H,23,27). The first-order valence-electron chi connectivity index (χ1n) is 9.37. The highest BCUT2D eigenvalue weighted by Gasteiger charge is 2.21. The van der Waals surface area contributed by atoms with Gasteiger partial charge in [-0.05, 0) is 30.7 Å². The maximum Gasteiger partial charge on any atom is 0.224 e. The Balaban J connectivity index is 1.61. The number of ether oxygens (including phenoxy) is 1. The first-order chi connectivity index (χ1) is 13.6. The highest BCUT2D eigenvalue weighted by Crippen LogP contribution is 2.29. The first kappa shape index (κ1) is 20.1. The number of pyridine rings is 1. The van der Waals surface area contributed by atoms with E-state index in [1.807, 2.05) is 30.3 Å². The molecule has 0 aliphatic carbocycles. The minimum Gasteiger partial charge on any atom is -0.495 e. The third-order valence-electron chi connectivity index (χ3n) is 4.75. The maximum absolute atomic E-state index is 11.9. The Kier molecular flexibility index (Phi) is 6.81. The van der Waals surface area contributed by atoms with Crippen LogP contribution in [0.3, 0.4) is 0 Å². The van der Waals surface area contributed by atoms with Gasteiger partial charge in [-0.15, -0.1) is 11.6 Å². The van der Waals surface area contributed by atoms with E-state index >= 15 is 0 Å². The Morgan fingerprint density at radius 2 is 1.89 bits per heavy atom. The van der Waals surface area contributed by atoms with Crippen molar-refractivity contribution in [3.05, 3.63) is 36.4 Å². The van der Waals surface area contributed by atoms with Crippen molar-refractivity contribution >= 4 is 40.5 Å². The molecule has 1 fully saturated rings. The molecular weight excluding hydrogens is 378 g/mol. The zero-order chi connectivity index (χ0) is 19.9. The zero-order valence-corrected chi connectivity index (χ0v) is 16.8. The molecule has 0 bridgehead atoms. The molecule has 1 saturated heterocycles. The number of nitrogens with two attached hydrogens (primary N) is 1. The Bertz CT molecular complexity index is 809. The number of methoxy groups -OCH3 is 1. The number of carbonyl (C=O) groups is 1. The SMILES string of the molecule is COc1ccccc1N1CCN(c2ccc(NC(=O)CCCCl)c(N)n2)CC1. The molecule has 2 aromatic rings. The van der Waals surface area contributed by atoms with Crippen LogP contribution < -0.4 is 25.6 Å². The fraction of sp³-hybridized carbons (Fsp3) is 0.400. The van der Waals surface area contributed by atoms with Crippen LogP contribution in [-0.4, -0.2) is 50.1 Å². The smallest absolute Gasteiger partial charge is 0.224 e. The molecule has 0 saturated carbocycles. The molecule has 1 amide bonds. The molecule has 28 heavy (non-hydrogen) atoms. The summed E-state index contributed by atoms with van der Waals surface area (Å²) in [5, 5.41) is 2.79. The van der Waals surface area contributed by atoms with Crippen LogP contribution in [0.4, 0.5) is 23.0 Å². The summed E-state index contributed by atoms with van der Waals surface area (Å²) < 4.78 is 5.47. The highest BCUT2D eigenvalue weighted by molar-refractivity contribution is 6.18. The topological polar surface area (TPSA) is 83.7 Å². The number of para-hydroxylation sites is 2. The quantitative estimate of drug-likeness (QED) is 0.691. The lowest BCUT2D eigenvalue weighted by molar-refractivity contribution is -0.116. The average Bonchev–Trinajstić information content (AvgIpc) is 2.73. The summed E-state index contributed by atoms with van der Waals surface area (Å²) in [4.78, 5) is 20.8. The molecule has 1 aliphatic heterocycles. The van der Waals surface area contributed by atoms with Crippen molar-refractivity contribution in [2.24, 2.45) is 0 Å². The minimum absolute atomic E-state index is 0.104. The van der Waals surface area contributed by atoms with Gasteiger partial charge >= 0.3 is 0 Å². The molecule has 0 atom stereocenters. The monoisotopic (exact) mass is 403 g/mol. The van der Waals surface area contributed by atoms with Gasteiger partial charge in [0.25, 0.3) is 0 Å². The van der Waals surface area contributed by atoms with E-state index in [9.17, 15) is 4.79 Å². The lowest BCUT2D eigenvalue weighted by Crippen LogP contribution is -2.47. The van der Waals surface area contributed by atoms with Gasteiger partial charge in [0.15, 0.2) is 0 Å². The second-order valence-corrected chi connectivity index (χ2v) is 6.97. The lowest BCUT2D eigenvalue weighted by atomic mass is 10.2. The summed E-state index contributed by atoms with van der Waals surface area (Å²) in [6.45, 7) is 3.37. The average molecular weight is 404 g/mol. The van der Waals surface area contributed by atoms with E-state index in [4.69, 9.17) is 22.1 Å². The number of amides is 1. The first-order valence-corrected chi connectivity index (χ1v) is 9.91. The molecule has 150 valence electrons. The van der Waals surface area contributed by atoms with Crippen molar-refractivity contribution in [2.75, 3.05) is 60.0 Å². The molecule has 1 aliphatic rings. The maximum atomic E-state index is 11.9. The molecular formula is C20H26ClN5O2. The number of halogens is 1. The Morgan fingerprint density at radius 3 is 2.57 bits per heavy atom. The molecule has 0 unspecified atom stereocenters. The van der Waals surface area contributed by atoms with E-state index in [1.54, 1.807) is 7.11 Å². The molecule has 3 rings (SSSR count). The van der Waals surface area contributed by atoms with Crippen LogP contribution in [0.15, 0.2) is 36.4 Å². The van der Waals surface area contributed by atoms with Gasteiger partial charge in [-0.25, -0.2) is 4.98 Å². The number of nitrogens with zero attached hydrogens (tertiary/aromatic N) is 3. The summed E-state index contributed by atoms with van der Waals surface area (Å²) in [5.74, 6) is 2.38. The predicted molar refractivity (Wildman–Crippen MR) is 115 cm³/mol. The fourth-order valence-corrected chi connectivity index (χ4v) is 3.39. The number of carbonyl (C=O) groups excluding carboxylic acids is 1. The number of aromatic nitrogens is 1. The summed E-state index contributed by atoms with van der Waals surface area (Å²) in [6, 6.07) is 11.7. The van der Waals surface area contributed by atoms with Crippen LogP contribution in [0.5, 0.6) is 5.75 Å². The van der Waals surface area contributed by atoms with E-state index in [1.165, 1.54) is 0 Å². The van der Waals surface area contributed by atoms with E-state index in [0.717, 1.165) is 43.4 Å². The van der Waals surface area contributed by atoms with E-state index in [-0.39, 0.29) is 5.91 Å². The molecule has 2 heterocycles. The normalized spacial score (nSPS) is 14.1. The van der Waals surface area contributed by atoms with Crippen LogP contribution in [-0.2, 0) is 4.79 Å². The van der Waals surface area contributed by atoms with Gasteiger partial charge in [0.2, 0.25) is 5.91 Å². The number of nitrogen functional groups attached to an aromatic ring is 1. The number of hydrogen-bond donors (Lipinski definition) is 2. The van der Waals surface area contributed by atoms with Crippen LogP contribution in [0.1, 0.15) is 12.8 Å². The van der Waals surface area contributed by atoms with Gasteiger partial charge in [0.1, 0.15) is 17.4 Å². The number of piperazine rings is 1. The van der Waals surface area contributed by atoms with Crippen molar-refractivity contribution in [3.63, 3.8) is 0 Å². The molecule has 8 heteroatoms. The minimum atomic E-state index is -0.104. The van der Waals surface area contributed by atoms with Gasteiger partial charge in [-0.2, -0.15) is 0 Å². The number of hydrogen-bond acceptors (Lipinski definition) is 6. The lowest BCUT2D eigenvalue weighted by Gasteiger charge is -2.37. The van der Waals surface area contributed by atoms with Crippen LogP contribution in [0, 0.1) is 0 Å². The van der Waals surface area contributed by atoms with Crippen molar-refractivity contribution in [3.8, 4) is 5.75 Å². The van der Waals surface area contributed by atoms with Gasteiger partial charge < -0.3 is 25.6 Å². The van der Waals surface area contributed by atoms with Crippen LogP contribution in [0.25, 0.3) is 0 Å². The zero-order valence-electron chi connectivity index (χ0n) is 16.0. The number of benzene rings is 1. The number of alkyl halides is 1. The van der Waals surface area contributed by atoms with E-state index in [0.29, 0.717) is 30.2 Å². The van der Waals surface area contributed by atoms with Gasteiger partial charge in [0, 0.05) is 38.5 Å². The third-order valence-corrected chi connectivity index (χ3v) is 5.02. The Hall–Kier alpha value is -2.67. The second kappa shape index (κ2) is 9.50. The number of anilines is 4. The van der Waals surface area contributed by atoms with Crippen LogP contribution >= 0.6 is 11.6 Å². The molecule has 0 radical (unpaired) electrons. The van der Waals surface area contributed by atoms with Crippen molar-refractivity contribution in [1.29, 1.82) is 0 Å². The molecule has 3 N–H and O–H groups in total. The fourth-order valence-electron chi connectivity index (χ4n) is 3.25. The van der Waals surface area contributed by atoms with Gasteiger partial charge in [0.05, 0.1) is 18.5 Å². The van der Waals surface area contributed by atoms with E-state index < -0.39 is 0 Å². The number of nitrogens with one attached hydrogen (secondary N) is 1. The Labute approximate surface area is 170 Å². The van der Waals surface area contributed by atoms with Gasteiger partial charge in [-0.3, -0.25) is 4.79 Å². The largest absolute Gasteiger partial charge is 0.495 e. The molecule has 7 nitrogen and oxygen atoms in total. The van der Waals surface area contributed by atoms with Crippen LogP contribution in [0.2, 0.25) is 0 Å². The summed E-state index contributed by atoms with van der Waals surface area (Å²) in [6.07, 6.45) is 1.00. The van der Waals surface area contributed by atoms with E-state index in [2.05, 4.69) is 26.2 Å². The summed E-state index contributed by atoms with van der Waals surface area (Å²) in [5.41, 5.74) is 7.70. The number of rotatable bonds is 7. The molecule has 1 aromatic heterocycles. The highest BCUT2D eigenvalue weighted by atomic mass is 35.5. The second-order valence-electron chi connectivity index (χ2n) is 6.59. The molecule has 0 spiro atoms. The molecule has 1 aromatic carbocycles. The third kappa shape index (κ3) is 4.78. The predicted octanol–water partition coefficient (Wildman–Crippen LogP) is 2.96. The van der Waals surface area contributed by atoms with Crippen molar-refractivity contribution < 1.29 is 9.53 Å². The summed E-state index contributed by atoms with van der Waals surface area (Å²) in [7, 11) is 1.69. The van der Waals surface area contributed by atoms with Gasteiger partial charge in [-0.1, -0.05) is 12.1 Å². The van der Waals surface area contributed by atoms with Crippen molar-refractivity contribution in [1.82, 2.24) is 4.98 Å².